The van der Waals surface area contributed by atoms with Crippen molar-refractivity contribution < 1.29 is 24.4 Å². The van der Waals surface area contributed by atoms with Crippen molar-refractivity contribution in [3.05, 3.63) is 75.3 Å². The van der Waals surface area contributed by atoms with E-state index in [9.17, 15) is 24.8 Å². The number of nitro benzene ring substituents is 1. The van der Waals surface area contributed by atoms with Crippen LogP contribution in [0.4, 0.5) is 10.5 Å². The molecule has 1 aliphatic heterocycles. The van der Waals surface area contributed by atoms with E-state index in [0.29, 0.717) is 5.56 Å². The number of aromatic hydroxyl groups is 1. The summed E-state index contributed by atoms with van der Waals surface area (Å²) in [7, 11) is 0. The summed E-state index contributed by atoms with van der Waals surface area (Å²) >= 11 is 0. The molecule has 1 heterocycles. The van der Waals surface area contributed by atoms with E-state index in [0.717, 1.165) is 18.2 Å². The van der Waals surface area contributed by atoms with Crippen molar-refractivity contribution in [2.75, 3.05) is 6.61 Å². The minimum atomic E-state index is -1.14. The first kappa shape index (κ1) is 18.9. The smallest absolute Gasteiger partial charge is 0.338 e. The average molecular weight is 383 g/mol. The average Bonchev–Trinajstić information content (AvgIpc) is 2.68. The highest BCUT2D eigenvalue weighted by molar-refractivity contribution is 6.04. The Labute approximate surface area is 159 Å². The van der Waals surface area contributed by atoms with Crippen molar-refractivity contribution in [1.29, 1.82) is 0 Å². The molecule has 144 valence electrons. The summed E-state index contributed by atoms with van der Waals surface area (Å²) in [5, 5.41) is 26.5. The van der Waals surface area contributed by atoms with Crippen molar-refractivity contribution in [2.45, 2.75) is 13.0 Å². The van der Waals surface area contributed by atoms with Gasteiger partial charge in [0.15, 0.2) is 0 Å². The number of benzene rings is 2. The minimum Gasteiger partial charge on any atom is -0.508 e. The monoisotopic (exact) mass is 383 g/mol. The van der Waals surface area contributed by atoms with Crippen molar-refractivity contribution in [2.24, 2.45) is 0 Å². The van der Waals surface area contributed by atoms with Crippen LogP contribution in [-0.2, 0) is 9.53 Å². The lowest BCUT2D eigenvalue weighted by molar-refractivity contribution is -0.385. The third kappa shape index (κ3) is 3.63. The molecule has 0 aromatic heterocycles. The van der Waals surface area contributed by atoms with Gasteiger partial charge >= 0.3 is 12.0 Å². The Bertz CT molecular complexity index is 971. The molecule has 0 saturated carbocycles. The molecular formula is C19H17N3O6. The number of ether oxygens (including phenoxy) is 1. The maximum absolute atomic E-state index is 12.7. The Kier molecular flexibility index (Phi) is 5.25. The van der Waals surface area contributed by atoms with Gasteiger partial charge in [-0.3, -0.25) is 10.1 Å². The number of nitro groups is 1. The SMILES string of the molecule is CCOC(=O)C1=C(c2ccccc2)NC(=O)N[C@@H]1c1cc([N+](=O)[O-])ccc1O. The predicted molar refractivity (Wildman–Crippen MR) is 99.2 cm³/mol. The lowest BCUT2D eigenvalue weighted by Crippen LogP contribution is -2.45. The first-order chi connectivity index (χ1) is 13.4. The predicted octanol–water partition coefficient (Wildman–Crippen LogP) is 2.63. The zero-order chi connectivity index (χ0) is 20.3. The third-order valence-corrected chi connectivity index (χ3v) is 4.16. The quantitative estimate of drug-likeness (QED) is 0.413. The molecule has 2 aromatic rings. The first-order valence-electron chi connectivity index (χ1n) is 8.44. The molecule has 0 radical (unpaired) electrons. The van der Waals surface area contributed by atoms with Crippen LogP contribution in [-0.4, -0.2) is 28.6 Å². The highest BCUT2D eigenvalue weighted by Gasteiger charge is 2.36. The molecule has 0 unspecified atom stereocenters. The fraction of sp³-hybridized carbons (Fsp3) is 0.158. The van der Waals surface area contributed by atoms with Gasteiger partial charge in [0, 0.05) is 17.7 Å². The van der Waals surface area contributed by atoms with Crippen LogP contribution in [0.5, 0.6) is 5.75 Å². The van der Waals surface area contributed by atoms with Crippen LogP contribution >= 0.6 is 0 Å². The zero-order valence-corrected chi connectivity index (χ0v) is 14.8. The molecule has 3 N–H and O–H groups in total. The summed E-state index contributed by atoms with van der Waals surface area (Å²) in [5.74, 6) is -1.02. The van der Waals surface area contributed by atoms with Crippen LogP contribution in [0.25, 0.3) is 5.70 Å². The lowest BCUT2D eigenvalue weighted by atomic mass is 9.92. The van der Waals surface area contributed by atoms with E-state index in [-0.39, 0.29) is 34.9 Å². The van der Waals surface area contributed by atoms with Crippen molar-refractivity contribution in [1.82, 2.24) is 10.6 Å². The molecule has 1 aliphatic rings. The molecule has 0 spiro atoms. The van der Waals surface area contributed by atoms with Gasteiger partial charge in [0.1, 0.15) is 5.75 Å². The second-order valence-corrected chi connectivity index (χ2v) is 5.91. The van der Waals surface area contributed by atoms with Crippen LogP contribution < -0.4 is 10.6 Å². The van der Waals surface area contributed by atoms with Crippen LogP contribution in [0.1, 0.15) is 24.1 Å². The summed E-state index contributed by atoms with van der Waals surface area (Å²) < 4.78 is 5.13. The molecule has 1 atom stereocenters. The zero-order valence-electron chi connectivity index (χ0n) is 14.8. The van der Waals surface area contributed by atoms with Crippen molar-refractivity contribution >= 4 is 23.4 Å². The summed E-state index contributed by atoms with van der Waals surface area (Å²) in [6.07, 6.45) is 0. The Balaban J connectivity index is 2.23. The van der Waals surface area contributed by atoms with Gasteiger partial charge in [-0.1, -0.05) is 30.3 Å². The summed E-state index contributed by atoms with van der Waals surface area (Å²) in [6.45, 7) is 1.72. The highest BCUT2D eigenvalue weighted by atomic mass is 16.6. The number of esters is 1. The molecule has 0 bridgehead atoms. The van der Waals surface area contributed by atoms with E-state index in [2.05, 4.69) is 10.6 Å². The molecule has 9 nitrogen and oxygen atoms in total. The van der Waals surface area contributed by atoms with Gasteiger partial charge in [-0.15, -0.1) is 0 Å². The number of nitrogens with one attached hydrogen (secondary N) is 2. The van der Waals surface area contributed by atoms with Crippen LogP contribution in [0.2, 0.25) is 0 Å². The number of phenolic OH excluding ortho intramolecular Hbond substituents is 1. The van der Waals surface area contributed by atoms with Gasteiger partial charge in [-0.25, -0.2) is 9.59 Å². The van der Waals surface area contributed by atoms with Gasteiger partial charge in [-0.05, 0) is 18.6 Å². The fourth-order valence-electron chi connectivity index (χ4n) is 2.95. The van der Waals surface area contributed by atoms with E-state index in [4.69, 9.17) is 4.74 Å². The molecule has 2 aromatic carbocycles. The number of carbonyl (C=O) groups is 2. The number of non-ortho nitro benzene ring substituents is 1. The first-order valence-corrected chi connectivity index (χ1v) is 8.44. The van der Waals surface area contributed by atoms with E-state index < -0.39 is 23.0 Å². The molecule has 0 saturated heterocycles. The Morgan fingerprint density at radius 2 is 1.96 bits per heavy atom. The van der Waals surface area contributed by atoms with E-state index >= 15 is 0 Å². The van der Waals surface area contributed by atoms with Crippen molar-refractivity contribution in [3.8, 4) is 5.75 Å². The molecule has 0 fully saturated rings. The van der Waals surface area contributed by atoms with Gasteiger partial charge in [0.05, 0.1) is 28.8 Å². The molecule has 0 aliphatic carbocycles. The number of hydrogen-bond donors (Lipinski definition) is 3. The molecular weight excluding hydrogens is 366 g/mol. The normalized spacial score (nSPS) is 16.2. The second-order valence-electron chi connectivity index (χ2n) is 5.91. The Hall–Kier alpha value is -3.88. The maximum atomic E-state index is 12.7. The number of carbonyl (C=O) groups excluding carboxylic acids is 2. The number of nitrogens with zero attached hydrogens (tertiary/aromatic N) is 1. The van der Waals surface area contributed by atoms with Gasteiger partial charge in [-0.2, -0.15) is 0 Å². The van der Waals surface area contributed by atoms with E-state index in [1.165, 1.54) is 0 Å². The third-order valence-electron chi connectivity index (χ3n) is 4.16. The largest absolute Gasteiger partial charge is 0.508 e. The van der Waals surface area contributed by atoms with Crippen molar-refractivity contribution in [3.63, 3.8) is 0 Å². The van der Waals surface area contributed by atoms with Gasteiger partial charge in [0.2, 0.25) is 0 Å². The number of amides is 2. The second kappa shape index (κ2) is 7.78. The molecule has 3 rings (SSSR count). The topological polar surface area (TPSA) is 131 Å². The fourth-order valence-corrected chi connectivity index (χ4v) is 2.95. The molecule has 2 amide bonds. The molecule has 28 heavy (non-hydrogen) atoms. The maximum Gasteiger partial charge on any atom is 0.338 e. The minimum absolute atomic E-state index is 0.0144. The Morgan fingerprint density at radius 1 is 1.25 bits per heavy atom. The van der Waals surface area contributed by atoms with Crippen LogP contribution in [0.15, 0.2) is 54.1 Å². The number of hydrogen-bond acceptors (Lipinski definition) is 6. The van der Waals surface area contributed by atoms with E-state index in [1.807, 2.05) is 0 Å². The van der Waals surface area contributed by atoms with Crippen LogP contribution in [0.3, 0.4) is 0 Å². The summed E-state index contributed by atoms with van der Waals surface area (Å²) in [5.41, 5.74) is 0.517. The van der Waals surface area contributed by atoms with E-state index in [1.54, 1.807) is 37.3 Å². The standard InChI is InChI=1S/C19H17N3O6/c1-2-28-18(24)15-16(11-6-4-3-5-7-11)20-19(25)21-17(15)13-10-12(22(26)27)8-9-14(13)23/h3-10,17,23H,2H2,1H3,(H2,20,21,25)/t17-/m1/s1. The highest BCUT2D eigenvalue weighted by Crippen LogP contribution is 2.37. The van der Waals surface area contributed by atoms with Crippen LogP contribution in [0, 0.1) is 10.1 Å². The summed E-state index contributed by atoms with van der Waals surface area (Å²) in [4.78, 5) is 35.5. The van der Waals surface area contributed by atoms with Gasteiger partial charge in [0.25, 0.3) is 5.69 Å². The number of urea groups is 1. The molecule has 9 heteroatoms. The summed E-state index contributed by atoms with van der Waals surface area (Å²) in [6, 6.07) is 10.3. The lowest BCUT2D eigenvalue weighted by Gasteiger charge is -2.29. The Morgan fingerprint density at radius 3 is 2.61 bits per heavy atom. The van der Waals surface area contributed by atoms with Gasteiger partial charge < -0.3 is 20.5 Å². The number of phenols is 1. The number of rotatable bonds is 5.